The number of carbonyl (C=O) groups excluding carboxylic acids is 1. The molecule has 2 aromatic carbocycles. The lowest BCUT2D eigenvalue weighted by Crippen LogP contribution is -2.09. The molecule has 0 fully saturated rings. The molecule has 0 bridgehead atoms. The van der Waals surface area contributed by atoms with Crippen molar-refractivity contribution < 1.29 is 23.4 Å². The van der Waals surface area contributed by atoms with E-state index in [1.807, 2.05) is 0 Å². The van der Waals surface area contributed by atoms with Crippen LogP contribution in [0, 0.1) is 5.82 Å². The lowest BCUT2D eigenvalue weighted by Gasteiger charge is -2.12. The number of hydrogen-bond acceptors (Lipinski definition) is 4. The Labute approximate surface area is 128 Å². The molecule has 0 amide bonds. The standard InChI is InChI=1S/C17H17FO4/c1-12(19)13-3-8-16(17(11-13)20-2)22-10-9-21-15-6-4-14(18)5-7-15/h3-8,11H,9-10H2,1-2H3. The Morgan fingerprint density at radius 2 is 1.68 bits per heavy atom. The molecule has 2 rings (SSSR count). The molecule has 116 valence electrons. The third kappa shape index (κ3) is 4.22. The summed E-state index contributed by atoms with van der Waals surface area (Å²) in [6.07, 6.45) is 0. The summed E-state index contributed by atoms with van der Waals surface area (Å²) in [4.78, 5) is 11.3. The molecule has 0 N–H and O–H groups in total. The van der Waals surface area contributed by atoms with Crippen LogP contribution in [-0.4, -0.2) is 26.1 Å². The first kappa shape index (κ1) is 15.8. The van der Waals surface area contributed by atoms with Crippen molar-refractivity contribution in [2.24, 2.45) is 0 Å². The average Bonchev–Trinajstić information content (AvgIpc) is 2.53. The van der Waals surface area contributed by atoms with E-state index in [2.05, 4.69) is 0 Å². The molecular formula is C17H17FO4. The van der Waals surface area contributed by atoms with Gasteiger partial charge >= 0.3 is 0 Å². The first-order valence-corrected chi connectivity index (χ1v) is 6.80. The van der Waals surface area contributed by atoms with Crippen molar-refractivity contribution in [3.63, 3.8) is 0 Å². The molecule has 0 spiro atoms. The van der Waals surface area contributed by atoms with Crippen LogP contribution >= 0.6 is 0 Å². The zero-order chi connectivity index (χ0) is 15.9. The van der Waals surface area contributed by atoms with Crippen LogP contribution in [-0.2, 0) is 0 Å². The van der Waals surface area contributed by atoms with E-state index in [1.54, 1.807) is 30.3 Å². The van der Waals surface area contributed by atoms with E-state index in [0.29, 0.717) is 36.0 Å². The number of halogens is 1. The van der Waals surface area contributed by atoms with E-state index in [4.69, 9.17) is 14.2 Å². The summed E-state index contributed by atoms with van der Waals surface area (Å²) in [6.45, 7) is 2.10. The monoisotopic (exact) mass is 304 g/mol. The maximum Gasteiger partial charge on any atom is 0.161 e. The highest BCUT2D eigenvalue weighted by atomic mass is 19.1. The molecule has 0 aliphatic rings. The van der Waals surface area contributed by atoms with Crippen LogP contribution < -0.4 is 14.2 Å². The predicted molar refractivity (Wildman–Crippen MR) is 80.4 cm³/mol. The van der Waals surface area contributed by atoms with Gasteiger partial charge in [0.15, 0.2) is 17.3 Å². The second-order valence-electron chi connectivity index (χ2n) is 4.57. The van der Waals surface area contributed by atoms with Gasteiger partial charge in [-0.2, -0.15) is 0 Å². The normalized spacial score (nSPS) is 10.1. The fourth-order valence-corrected chi connectivity index (χ4v) is 1.85. The van der Waals surface area contributed by atoms with Crippen molar-refractivity contribution >= 4 is 5.78 Å². The van der Waals surface area contributed by atoms with Gasteiger partial charge in [-0.25, -0.2) is 4.39 Å². The number of carbonyl (C=O) groups is 1. The Balaban J connectivity index is 1.88. The second kappa shape index (κ2) is 7.45. The number of benzene rings is 2. The summed E-state index contributed by atoms with van der Waals surface area (Å²) in [7, 11) is 1.52. The van der Waals surface area contributed by atoms with Crippen LogP contribution in [0.1, 0.15) is 17.3 Å². The minimum absolute atomic E-state index is 0.0375. The van der Waals surface area contributed by atoms with Gasteiger partial charge in [0.1, 0.15) is 24.8 Å². The lowest BCUT2D eigenvalue weighted by molar-refractivity contribution is 0.101. The summed E-state index contributed by atoms with van der Waals surface area (Å²) in [6, 6.07) is 10.8. The van der Waals surface area contributed by atoms with Crippen LogP contribution in [0.3, 0.4) is 0 Å². The van der Waals surface area contributed by atoms with E-state index in [1.165, 1.54) is 26.2 Å². The molecule has 0 unspecified atom stereocenters. The summed E-state index contributed by atoms with van der Waals surface area (Å²) in [5, 5.41) is 0. The smallest absolute Gasteiger partial charge is 0.161 e. The molecular weight excluding hydrogens is 287 g/mol. The minimum atomic E-state index is -0.307. The van der Waals surface area contributed by atoms with Gasteiger partial charge in [-0.3, -0.25) is 4.79 Å². The fourth-order valence-electron chi connectivity index (χ4n) is 1.85. The van der Waals surface area contributed by atoms with Gasteiger partial charge in [-0.15, -0.1) is 0 Å². The topological polar surface area (TPSA) is 44.8 Å². The largest absolute Gasteiger partial charge is 0.493 e. The third-order valence-electron chi connectivity index (χ3n) is 2.99. The Bertz CT molecular complexity index is 638. The van der Waals surface area contributed by atoms with E-state index in [9.17, 15) is 9.18 Å². The van der Waals surface area contributed by atoms with E-state index in [0.717, 1.165) is 0 Å². The molecule has 0 aromatic heterocycles. The molecule has 0 saturated heterocycles. The highest BCUT2D eigenvalue weighted by Crippen LogP contribution is 2.28. The molecule has 5 heteroatoms. The van der Waals surface area contributed by atoms with Gasteiger partial charge in [-0.05, 0) is 49.4 Å². The second-order valence-corrected chi connectivity index (χ2v) is 4.57. The molecule has 2 aromatic rings. The van der Waals surface area contributed by atoms with Gasteiger partial charge < -0.3 is 14.2 Å². The van der Waals surface area contributed by atoms with Gasteiger partial charge in [0, 0.05) is 5.56 Å². The number of ether oxygens (including phenoxy) is 3. The quantitative estimate of drug-likeness (QED) is 0.580. The van der Waals surface area contributed by atoms with Crippen LogP contribution in [0.25, 0.3) is 0 Å². The summed E-state index contributed by atoms with van der Waals surface area (Å²) in [5.74, 6) is 1.26. The van der Waals surface area contributed by atoms with Gasteiger partial charge in [0.2, 0.25) is 0 Å². The van der Waals surface area contributed by atoms with Crippen LogP contribution in [0.4, 0.5) is 4.39 Å². The van der Waals surface area contributed by atoms with Crippen molar-refractivity contribution in [3.05, 3.63) is 53.8 Å². The molecule has 0 aliphatic heterocycles. The molecule has 0 saturated carbocycles. The number of hydrogen-bond donors (Lipinski definition) is 0. The average molecular weight is 304 g/mol. The fraction of sp³-hybridized carbons (Fsp3) is 0.235. The van der Waals surface area contributed by atoms with E-state index in [-0.39, 0.29) is 11.6 Å². The Morgan fingerprint density at radius 3 is 2.32 bits per heavy atom. The maximum absolute atomic E-state index is 12.8. The summed E-state index contributed by atoms with van der Waals surface area (Å²) >= 11 is 0. The zero-order valence-electron chi connectivity index (χ0n) is 12.5. The predicted octanol–water partition coefficient (Wildman–Crippen LogP) is 3.49. The Kier molecular flexibility index (Phi) is 5.36. The van der Waals surface area contributed by atoms with Gasteiger partial charge in [0.05, 0.1) is 7.11 Å². The number of Topliss-reactive ketones (excluding diaryl/α,β-unsaturated/α-hetero) is 1. The minimum Gasteiger partial charge on any atom is -0.493 e. The molecule has 22 heavy (non-hydrogen) atoms. The molecule has 4 nitrogen and oxygen atoms in total. The number of rotatable bonds is 7. The molecule has 0 aliphatic carbocycles. The highest BCUT2D eigenvalue weighted by Gasteiger charge is 2.08. The Morgan fingerprint density at radius 1 is 1.00 bits per heavy atom. The first-order valence-electron chi connectivity index (χ1n) is 6.80. The first-order chi connectivity index (χ1) is 10.6. The summed E-state index contributed by atoms with van der Waals surface area (Å²) in [5.41, 5.74) is 0.562. The van der Waals surface area contributed by atoms with Gasteiger partial charge in [0.25, 0.3) is 0 Å². The lowest BCUT2D eigenvalue weighted by atomic mass is 10.1. The molecule has 0 heterocycles. The number of methoxy groups -OCH3 is 1. The van der Waals surface area contributed by atoms with Crippen LogP contribution in [0.2, 0.25) is 0 Å². The Hall–Kier alpha value is -2.56. The molecule has 0 atom stereocenters. The van der Waals surface area contributed by atoms with E-state index >= 15 is 0 Å². The zero-order valence-corrected chi connectivity index (χ0v) is 12.5. The van der Waals surface area contributed by atoms with Crippen molar-refractivity contribution in [2.45, 2.75) is 6.92 Å². The van der Waals surface area contributed by atoms with Crippen molar-refractivity contribution in [1.82, 2.24) is 0 Å². The van der Waals surface area contributed by atoms with Crippen molar-refractivity contribution in [3.8, 4) is 17.2 Å². The summed E-state index contributed by atoms with van der Waals surface area (Å²) < 4.78 is 29.0. The van der Waals surface area contributed by atoms with Crippen LogP contribution in [0.5, 0.6) is 17.2 Å². The SMILES string of the molecule is COc1cc(C(C)=O)ccc1OCCOc1ccc(F)cc1. The van der Waals surface area contributed by atoms with E-state index < -0.39 is 0 Å². The third-order valence-corrected chi connectivity index (χ3v) is 2.99. The van der Waals surface area contributed by atoms with Crippen LogP contribution in [0.15, 0.2) is 42.5 Å². The maximum atomic E-state index is 12.8. The number of ketones is 1. The highest BCUT2D eigenvalue weighted by molar-refractivity contribution is 5.94. The van der Waals surface area contributed by atoms with Crippen molar-refractivity contribution in [1.29, 1.82) is 0 Å². The molecule has 0 radical (unpaired) electrons. The van der Waals surface area contributed by atoms with Gasteiger partial charge in [-0.1, -0.05) is 0 Å². The van der Waals surface area contributed by atoms with Crippen molar-refractivity contribution in [2.75, 3.05) is 20.3 Å².